The molecular weight excluding hydrogens is 1810 g/mol. The van der Waals surface area contributed by atoms with Gasteiger partial charge >= 0.3 is 35.8 Å². The van der Waals surface area contributed by atoms with E-state index in [1.165, 1.54) is 0 Å². The van der Waals surface area contributed by atoms with E-state index >= 15 is 0 Å². The van der Waals surface area contributed by atoms with Crippen LogP contribution in [0.5, 0.6) is 28.7 Å². The van der Waals surface area contributed by atoms with E-state index in [9.17, 15) is 84.6 Å². The summed E-state index contributed by atoms with van der Waals surface area (Å²) in [6.45, 7) is 47.3. The fourth-order valence-electron chi connectivity index (χ4n) is 16.3. The third-order valence-electron chi connectivity index (χ3n) is 24.1. The third kappa shape index (κ3) is 50.8. The number of phenols is 5. The van der Waals surface area contributed by atoms with Gasteiger partial charge in [-0.15, -0.1) is 0 Å². The van der Waals surface area contributed by atoms with Crippen molar-refractivity contribution in [2.24, 2.45) is 25.9 Å². The Kier molecular flexibility index (Phi) is 57.4. The lowest BCUT2D eigenvalue weighted by Crippen LogP contribution is -2.54. The number of carboxylic acids is 6. The predicted molar refractivity (Wildman–Crippen MR) is 551 cm³/mol. The number of aliphatic hydroxyl groups is 2. The first-order valence-electron chi connectivity index (χ1n) is 48.6. The maximum atomic E-state index is 11.5. The molecule has 0 spiro atoms. The number of carbonyl (C=O) groups excluding carboxylic acids is 1. The Bertz CT molecular complexity index is 4510. The molecule has 39 nitrogen and oxygen atoms in total. The second kappa shape index (κ2) is 67.3. The summed E-state index contributed by atoms with van der Waals surface area (Å²) in [5, 5.41) is 131. The Morgan fingerprint density at radius 3 is 0.915 bits per heavy atom. The summed E-state index contributed by atoms with van der Waals surface area (Å²) in [6, 6.07) is 35.2. The van der Waals surface area contributed by atoms with Gasteiger partial charge in [-0.2, -0.15) is 0 Å². The van der Waals surface area contributed by atoms with E-state index in [0.717, 1.165) is 127 Å². The van der Waals surface area contributed by atoms with E-state index in [1.54, 1.807) is 90.1 Å². The molecule has 0 saturated carbocycles. The summed E-state index contributed by atoms with van der Waals surface area (Å²) < 4.78 is 0. The SMILES string of the molecule is C=C(O)CN1CCN(CC(=O)O)CCN(CC(=O)O)CC(C(C)C)N(CC(=O)O)CC1.C=C(O)CN1CCN(CC(=O)O)CCN(CC(=O)O)CCN(C(C)C)CC1.CC(=O)CN1CCN(CC(=O)O)CCN(C(C)C)CC1.CC(C)c1ccc(C2N(CCN=Cc3ccccc3O)CCN2CCN=Cc2ccccc2O)c(O)c1.Oc1ccccc1C=NCCNCCNCCN=Cc1ccccc1O. The van der Waals surface area contributed by atoms with Crippen molar-refractivity contribution in [2.45, 2.75) is 92.5 Å². The topological polar surface area (TPSA) is 498 Å². The Morgan fingerprint density at radius 2 is 0.624 bits per heavy atom. The fraction of sp³-hybridized carbons (Fsp3) is 0.559. The van der Waals surface area contributed by atoms with Crippen molar-refractivity contribution in [1.29, 1.82) is 0 Å². The Labute approximate surface area is 832 Å². The smallest absolute Gasteiger partial charge is 0.317 e. The normalized spacial score (nSPS) is 18.0. The third-order valence-corrected chi connectivity index (χ3v) is 24.1. The maximum Gasteiger partial charge on any atom is 0.317 e. The van der Waals surface area contributed by atoms with Gasteiger partial charge in [-0.25, -0.2) is 0 Å². The van der Waals surface area contributed by atoms with E-state index in [2.05, 4.69) is 121 Å². The van der Waals surface area contributed by atoms with E-state index in [0.29, 0.717) is 159 Å². The number of nitrogens with one attached hydrogen (secondary N) is 2. The molecule has 1 atom stereocenters. The number of hydrogen-bond donors (Lipinski definition) is 15. The average molecular weight is 1970 g/mol. The molecule has 0 bridgehead atoms. The lowest BCUT2D eigenvalue weighted by molar-refractivity contribution is -0.141. The van der Waals surface area contributed by atoms with Crippen LogP contribution >= 0.6 is 0 Å². The first kappa shape index (κ1) is 120. The molecule has 9 rings (SSSR count). The Balaban J connectivity index is 0.000000315. The monoisotopic (exact) mass is 1970 g/mol. The summed E-state index contributed by atoms with van der Waals surface area (Å²) in [6.07, 6.45) is 6.72. The molecule has 4 aliphatic rings. The average Bonchev–Trinajstić information content (AvgIpc) is 1.66. The van der Waals surface area contributed by atoms with Gasteiger partial charge in [0, 0.05) is 261 Å². The molecule has 39 heteroatoms. The number of para-hydroxylation sites is 4. The largest absolute Gasteiger partial charge is 0.512 e. The maximum absolute atomic E-state index is 11.5. The van der Waals surface area contributed by atoms with Crippen LogP contribution in [0.3, 0.4) is 0 Å². The molecule has 782 valence electrons. The molecule has 4 heterocycles. The molecule has 0 radical (unpaired) electrons. The first-order valence-corrected chi connectivity index (χ1v) is 48.6. The molecule has 5 aromatic rings. The van der Waals surface area contributed by atoms with E-state index in [1.807, 2.05) is 99.0 Å². The molecule has 4 saturated heterocycles. The van der Waals surface area contributed by atoms with Crippen LogP contribution in [0.2, 0.25) is 0 Å². The number of Topliss-reactive ketones (excluding diaryl/α,β-unsaturated/α-hetero) is 1. The minimum atomic E-state index is -0.989. The van der Waals surface area contributed by atoms with Gasteiger partial charge < -0.3 is 77.0 Å². The molecular formula is C102H159N19O20. The van der Waals surface area contributed by atoms with Gasteiger partial charge in [0.05, 0.1) is 103 Å². The number of aliphatic imine (C=N–C) groups is 4. The van der Waals surface area contributed by atoms with Crippen LogP contribution in [-0.2, 0) is 33.6 Å². The highest BCUT2D eigenvalue weighted by Crippen LogP contribution is 2.37. The molecule has 4 fully saturated rings. The number of phenolic OH excluding ortho intramolecular Hbond substituents is 5. The highest BCUT2D eigenvalue weighted by atomic mass is 16.4. The van der Waals surface area contributed by atoms with Gasteiger partial charge in [-0.3, -0.25) is 117 Å². The summed E-state index contributed by atoms with van der Waals surface area (Å²) in [7, 11) is 0. The zero-order valence-electron chi connectivity index (χ0n) is 84.1. The Morgan fingerprint density at radius 1 is 0.340 bits per heavy atom. The number of benzene rings is 5. The molecule has 15 N–H and O–H groups in total. The van der Waals surface area contributed by atoms with Crippen molar-refractivity contribution in [3.05, 3.63) is 173 Å². The molecule has 141 heavy (non-hydrogen) atoms. The minimum absolute atomic E-state index is 0.0188. The van der Waals surface area contributed by atoms with Crippen LogP contribution in [0.25, 0.3) is 0 Å². The number of aliphatic carboxylic acids is 6. The molecule has 5 aromatic carbocycles. The van der Waals surface area contributed by atoms with Crippen LogP contribution < -0.4 is 10.6 Å². The summed E-state index contributed by atoms with van der Waals surface area (Å²) >= 11 is 0. The predicted octanol–water partition coefficient (Wildman–Crippen LogP) is 6.00. The van der Waals surface area contributed by atoms with Gasteiger partial charge in [0.1, 0.15) is 34.5 Å². The number of rotatable bonds is 42. The summed E-state index contributed by atoms with van der Waals surface area (Å²) in [4.78, 5) is 123. The van der Waals surface area contributed by atoms with Crippen molar-refractivity contribution >= 4 is 66.5 Å². The highest BCUT2D eigenvalue weighted by Gasteiger charge is 2.35. The van der Waals surface area contributed by atoms with Gasteiger partial charge in [-0.05, 0) is 107 Å². The highest BCUT2D eigenvalue weighted by molar-refractivity contribution is 5.85. The molecule has 0 aromatic heterocycles. The van der Waals surface area contributed by atoms with E-state index < -0.39 is 35.8 Å². The molecule has 1 unspecified atom stereocenters. The number of aliphatic hydroxyl groups excluding tert-OH is 2. The van der Waals surface area contributed by atoms with Crippen molar-refractivity contribution < 1.29 is 99.9 Å². The fourth-order valence-corrected chi connectivity index (χ4v) is 16.3. The quantitative estimate of drug-likeness (QED) is 0.0121. The second-order valence-electron chi connectivity index (χ2n) is 36.7. The van der Waals surface area contributed by atoms with Crippen LogP contribution in [0.15, 0.2) is 160 Å². The van der Waals surface area contributed by atoms with E-state index in [-0.39, 0.29) is 104 Å². The number of aromatic hydroxyl groups is 5. The first-order chi connectivity index (χ1) is 67.2. The van der Waals surface area contributed by atoms with Crippen molar-refractivity contribution in [1.82, 2.24) is 74.3 Å². The lowest BCUT2D eigenvalue weighted by atomic mass is 9.99. The zero-order valence-corrected chi connectivity index (χ0v) is 84.1. The van der Waals surface area contributed by atoms with Crippen molar-refractivity contribution in [2.75, 3.05) is 275 Å². The number of ketones is 1. The number of carbonyl (C=O) groups is 7. The van der Waals surface area contributed by atoms with Crippen LogP contribution in [0.1, 0.15) is 108 Å². The van der Waals surface area contributed by atoms with Gasteiger partial charge in [0.2, 0.25) is 0 Å². The van der Waals surface area contributed by atoms with Crippen LogP contribution in [0, 0.1) is 5.92 Å². The van der Waals surface area contributed by atoms with Gasteiger partial charge in [0.25, 0.3) is 0 Å². The Hall–Kier alpha value is -11.3. The molecule has 4 aliphatic heterocycles. The minimum Gasteiger partial charge on any atom is -0.512 e. The summed E-state index contributed by atoms with van der Waals surface area (Å²) in [5.41, 5.74) is 4.86. The van der Waals surface area contributed by atoms with Crippen LogP contribution in [0.4, 0.5) is 0 Å². The van der Waals surface area contributed by atoms with Crippen molar-refractivity contribution in [3.8, 4) is 28.7 Å². The van der Waals surface area contributed by atoms with Crippen LogP contribution in [-0.4, -0.2) is 490 Å². The second-order valence-corrected chi connectivity index (χ2v) is 36.7. The van der Waals surface area contributed by atoms with E-state index in [4.69, 9.17) is 15.3 Å². The number of hydrogen-bond acceptors (Lipinski definition) is 33. The molecule has 0 aliphatic carbocycles. The number of carboxylic acid groups (broad SMARTS) is 6. The lowest BCUT2D eigenvalue weighted by Gasteiger charge is -2.39. The van der Waals surface area contributed by atoms with Gasteiger partial charge in [0.15, 0.2) is 0 Å². The summed E-state index contributed by atoms with van der Waals surface area (Å²) in [5.74, 6) is -3.63. The molecule has 0 amide bonds. The number of nitrogens with zero attached hydrogens (tertiary/aromatic N) is 17. The van der Waals surface area contributed by atoms with Crippen molar-refractivity contribution in [3.63, 3.8) is 0 Å². The van der Waals surface area contributed by atoms with Gasteiger partial charge in [-0.1, -0.05) is 102 Å². The standard InChI is InChI=1S/C30H36N4O3.C20H36N4O7.C20H26N4O2.C18H34N4O5.C14H27N3O3/c1-22(2)23-11-12-26(29(37)19-23)30-33(15-13-31-20-24-7-3-5-9-27(24)35)17-18-34(30)16-14-32-21-25-8-4-6-10-28(25)36;1-15(2)17-11-23(13-19(28)29)7-6-22(12-18(26)27)5-4-21(10-16(3)25)8-9-24(17)14-20(30)31;25-19-7-3-1-5-17(19)15-23-13-11-21-9-10-22-12-14-24-16-18-6-2-4-8-20(18)26;1-15(2)22-10-8-19(12-16(3)23)4-5-20(13-17(24)25)6-7-21(9-11-22)14-18(26)27;1-12(2)17-8-6-15(10-13(3)18)4-5-16(7-9-17)11-14(19)20/h3-12,19-22,30,35-37H,13-18H2,1-2H3;15,17,25H,3-14H2,1-2H3,(H,26,27)(H,28,29)(H,30,31);1-8,15-16,21-22,25-26H,9-14H2;15,23H,3-14H2,1-2H3,(H,24,25)(H,26,27);12H,4-11H2,1-3H3,(H,19,20). The zero-order chi connectivity index (χ0) is 104.